The maximum Gasteiger partial charge on any atom is 0.420 e. The van der Waals surface area contributed by atoms with E-state index in [0.29, 0.717) is 31.5 Å². The van der Waals surface area contributed by atoms with E-state index in [1.165, 1.54) is 0 Å². The van der Waals surface area contributed by atoms with Gasteiger partial charge in [-0.2, -0.15) is 0 Å². The highest BCUT2D eigenvalue weighted by Gasteiger charge is 2.28. The van der Waals surface area contributed by atoms with Gasteiger partial charge in [0, 0.05) is 19.1 Å². The Hall–Kier alpha value is -1.46. The fraction of sp³-hybridized carbons (Fsp3) is 0.467. The molecule has 2 heterocycles. The van der Waals surface area contributed by atoms with Gasteiger partial charge in [0.25, 0.3) is 5.91 Å². The monoisotopic (exact) mass is 342 g/mol. The number of benzene rings is 1. The Morgan fingerprint density at radius 3 is 2.64 bits per heavy atom. The van der Waals surface area contributed by atoms with Crippen LogP contribution >= 0.6 is 23.2 Å². The molecule has 0 aliphatic carbocycles. The highest BCUT2D eigenvalue weighted by atomic mass is 35.5. The van der Waals surface area contributed by atoms with Crippen LogP contribution in [-0.2, 0) is 4.79 Å². The first-order valence-electron chi connectivity index (χ1n) is 7.16. The van der Waals surface area contributed by atoms with Gasteiger partial charge in [-0.25, -0.2) is 4.79 Å². The van der Waals surface area contributed by atoms with Crippen LogP contribution in [0.5, 0.6) is 0 Å². The summed E-state index contributed by atoms with van der Waals surface area (Å²) >= 11 is 11.2. The van der Waals surface area contributed by atoms with Gasteiger partial charge >= 0.3 is 5.76 Å². The van der Waals surface area contributed by atoms with Gasteiger partial charge in [0.2, 0.25) is 0 Å². The molecule has 1 aliphatic rings. The maximum atomic E-state index is 12.1. The zero-order valence-electron chi connectivity index (χ0n) is 12.1. The van der Waals surface area contributed by atoms with Gasteiger partial charge in [-0.3, -0.25) is 9.36 Å². The lowest BCUT2D eigenvalue weighted by atomic mass is 10.0. The number of carbonyl (C=O) groups excluding carboxylic acids is 1. The molecule has 0 spiro atoms. The Balaban J connectivity index is 1.85. The number of alkyl halides is 2. The number of amides is 1. The number of nitrogens with zero attached hydrogens (tertiary/aromatic N) is 2. The Kier molecular flexibility index (Phi) is 4.19. The average Bonchev–Trinajstić information content (AvgIpc) is 2.82. The molecule has 5 nitrogen and oxygen atoms in total. The van der Waals surface area contributed by atoms with E-state index in [9.17, 15) is 9.59 Å². The van der Waals surface area contributed by atoms with Crippen molar-refractivity contribution in [2.24, 2.45) is 0 Å². The van der Waals surface area contributed by atoms with Crippen molar-refractivity contribution in [3.8, 4) is 0 Å². The van der Waals surface area contributed by atoms with Gasteiger partial charge in [0.05, 0.1) is 5.52 Å². The number of fused-ring (bicyclic) bond motifs is 1. The first-order valence-corrected chi connectivity index (χ1v) is 8.03. The zero-order valence-corrected chi connectivity index (χ0v) is 13.6. The summed E-state index contributed by atoms with van der Waals surface area (Å²) in [6.45, 7) is 3.04. The van der Waals surface area contributed by atoms with Crippen molar-refractivity contribution in [1.29, 1.82) is 0 Å². The number of piperidine rings is 1. The molecule has 1 aromatic heterocycles. The van der Waals surface area contributed by atoms with E-state index in [-0.39, 0.29) is 17.7 Å². The smallest absolute Gasteiger partial charge is 0.408 e. The molecule has 1 saturated heterocycles. The van der Waals surface area contributed by atoms with Crippen molar-refractivity contribution in [3.63, 3.8) is 0 Å². The molecule has 1 aliphatic heterocycles. The van der Waals surface area contributed by atoms with Crippen LogP contribution in [0, 0.1) is 6.92 Å². The number of halogens is 2. The lowest BCUT2D eigenvalue weighted by Gasteiger charge is -2.32. The van der Waals surface area contributed by atoms with Crippen molar-refractivity contribution < 1.29 is 9.21 Å². The Labute approximate surface area is 137 Å². The molecule has 22 heavy (non-hydrogen) atoms. The molecule has 0 saturated carbocycles. The SMILES string of the molecule is Cc1ccc2oc(=O)n(C3CCN(C(=O)C(Cl)Cl)CC3)c2c1. The lowest BCUT2D eigenvalue weighted by Crippen LogP contribution is -2.42. The molecular formula is C15H16Cl2N2O3. The number of hydrogen-bond donors (Lipinski definition) is 0. The molecule has 7 heteroatoms. The molecule has 2 aromatic rings. The van der Waals surface area contributed by atoms with E-state index in [4.69, 9.17) is 27.6 Å². The Morgan fingerprint density at radius 1 is 1.32 bits per heavy atom. The third kappa shape index (κ3) is 2.75. The number of likely N-dealkylation sites (tertiary alicyclic amines) is 1. The summed E-state index contributed by atoms with van der Waals surface area (Å²) in [4.78, 5) is 24.5. The topological polar surface area (TPSA) is 55.5 Å². The van der Waals surface area contributed by atoms with E-state index < -0.39 is 4.84 Å². The molecule has 0 unspecified atom stereocenters. The van der Waals surface area contributed by atoms with E-state index in [2.05, 4.69) is 0 Å². The zero-order chi connectivity index (χ0) is 15.9. The lowest BCUT2D eigenvalue weighted by molar-refractivity contribution is -0.130. The summed E-state index contributed by atoms with van der Waals surface area (Å²) in [6.07, 6.45) is 1.35. The minimum absolute atomic E-state index is 0.0173. The number of carbonyl (C=O) groups is 1. The van der Waals surface area contributed by atoms with Crippen LogP contribution in [0.3, 0.4) is 0 Å². The van der Waals surface area contributed by atoms with Crippen molar-refractivity contribution >= 4 is 40.2 Å². The summed E-state index contributed by atoms with van der Waals surface area (Å²) in [5.74, 6) is -0.625. The summed E-state index contributed by atoms with van der Waals surface area (Å²) < 4.78 is 7.00. The minimum Gasteiger partial charge on any atom is -0.408 e. The van der Waals surface area contributed by atoms with E-state index in [1.807, 2.05) is 25.1 Å². The van der Waals surface area contributed by atoms with Crippen LogP contribution in [0.2, 0.25) is 0 Å². The van der Waals surface area contributed by atoms with Gasteiger partial charge in [-0.05, 0) is 37.5 Å². The summed E-state index contributed by atoms with van der Waals surface area (Å²) in [6, 6.07) is 5.69. The summed E-state index contributed by atoms with van der Waals surface area (Å²) in [5.41, 5.74) is 2.47. The number of aryl methyl sites for hydroxylation is 1. The molecule has 0 bridgehead atoms. The van der Waals surface area contributed by atoms with Crippen LogP contribution in [-0.4, -0.2) is 33.3 Å². The molecule has 3 rings (SSSR count). The van der Waals surface area contributed by atoms with Crippen LogP contribution < -0.4 is 5.76 Å². The molecule has 0 N–H and O–H groups in total. The second-order valence-corrected chi connectivity index (χ2v) is 6.66. The van der Waals surface area contributed by atoms with Gasteiger partial charge in [0.1, 0.15) is 0 Å². The first kappa shape index (κ1) is 15.4. The predicted octanol–water partition coefficient (Wildman–Crippen LogP) is 2.87. The Morgan fingerprint density at radius 2 is 2.00 bits per heavy atom. The number of oxazole rings is 1. The van der Waals surface area contributed by atoms with E-state index in [1.54, 1.807) is 9.47 Å². The average molecular weight is 343 g/mol. The molecule has 1 fully saturated rings. The highest BCUT2D eigenvalue weighted by molar-refractivity contribution is 6.53. The first-order chi connectivity index (χ1) is 10.5. The molecule has 118 valence electrons. The van der Waals surface area contributed by atoms with E-state index in [0.717, 1.165) is 11.1 Å². The van der Waals surface area contributed by atoms with Crippen molar-refractivity contribution in [2.75, 3.05) is 13.1 Å². The molecule has 0 radical (unpaired) electrons. The maximum absolute atomic E-state index is 12.1. The highest BCUT2D eigenvalue weighted by Crippen LogP contribution is 2.27. The predicted molar refractivity (Wildman–Crippen MR) is 85.6 cm³/mol. The Bertz CT molecular complexity index is 758. The quantitative estimate of drug-likeness (QED) is 0.788. The van der Waals surface area contributed by atoms with Crippen LogP contribution in [0.4, 0.5) is 0 Å². The normalized spacial score (nSPS) is 16.6. The van der Waals surface area contributed by atoms with Crippen molar-refractivity contribution in [2.45, 2.75) is 30.6 Å². The van der Waals surface area contributed by atoms with Gasteiger partial charge in [-0.1, -0.05) is 29.3 Å². The number of rotatable bonds is 2. The standard InChI is InChI=1S/C15H16Cl2N2O3/c1-9-2-3-12-11(8-9)19(15(21)22-12)10-4-6-18(7-5-10)14(20)13(16)17/h2-3,8,10,13H,4-7H2,1H3. The molecular weight excluding hydrogens is 327 g/mol. The molecule has 1 amide bonds. The third-order valence-corrected chi connectivity index (χ3v) is 4.47. The van der Waals surface area contributed by atoms with Crippen molar-refractivity contribution in [1.82, 2.24) is 9.47 Å². The van der Waals surface area contributed by atoms with Crippen LogP contribution in [0.15, 0.2) is 27.4 Å². The fourth-order valence-electron chi connectivity index (χ4n) is 2.97. The second-order valence-electron chi connectivity index (χ2n) is 5.57. The molecule has 0 atom stereocenters. The van der Waals surface area contributed by atoms with Crippen molar-refractivity contribution in [3.05, 3.63) is 34.3 Å². The van der Waals surface area contributed by atoms with Crippen LogP contribution in [0.25, 0.3) is 11.1 Å². The summed E-state index contributed by atoms with van der Waals surface area (Å²) in [5, 5.41) is 0. The fourth-order valence-corrected chi connectivity index (χ4v) is 3.25. The number of hydrogen-bond acceptors (Lipinski definition) is 3. The van der Waals surface area contributed by atoms with Crippen LogP contribution in [0.1, 0.15) is 24.4 Å². The number of aromatic nitrogens is 1. The summed E-state index contributed by atoms with van der Waals surface area (Å²) in [7, 11) is 0. The van der Waals surface area contributed by atoms with Gasteiger partial charge < -0.3 is 9.32 Å². The van der Waals surface area contributed by atoms with Gasteiger partial charge in [0.15, 0.2) is 10.4 Å². The third-order valence-electron chi connectivity index (χ3n) is 4.10. The minimum atomic E-state index is -1.03. The largest absolute Gasteiger partial charge is 0.420 e. The molecule has 1 aromatic carbocycles. The van der Waals surface area contributed by atoms with Gasteiger partial charge in [-0.15, -0.1) is 0 Å². The second kappa shape index (κ2) is 5.97. The van der Waals surface area contributed by atoms with E-state index >= 15 is 0 Å².